The van der Waals surface area contributed by atoms with Crippen LogP contribution in [0.4, 0.5) is 5.69 Å². The van der Waals surface area contributed by atoms with Gasteiger partial charge in [-0.3, -0.25) is 9.52 Å². The zero-order valence-corrected chi connectivity index (χ0v) is 12.0. The highest BCUT2D eigenvalue weighted by Gasteiger charge is 2.15. The van der Waals surface area contributed by atoms with Crippen molar-refractivity contribution in [1.29, 1.82) is 0 Å². The van der Waals surface area contributed by atoms with Crippen molar-refractivity contribution < 1.29 is 33.0 Å². The Morgan fingerprint density at radius 2 is 2.00 bits per heavy atom. The van der Waals surface area contributed by atoms with E-state index in [1.54, 1.807) is 0 Å². The van der Waals surface area contributed by atoms with Gasteiger partial charge in [-0.15, -0.1) is 0 Å². The summed E-state index contributed by atoms with van der Waals surface area (Å²) in [7, 11) is -2.55. The Morgan fingerprint density at radius 3 is 2.52 bits per heavy atom. The molecule has 0 amide bonds. The number of carbonyl (C=O) groups is 2. The molecular weight excluding hydrogens is 302 g/mol. The Kier molecular flexibility index (Phi) is 5.53. The number of carboxylic acids is 1. The summed E-state index contributed by atoms with van der Waals surface area (Å²) < 4.78 is 30.0. The topological polar surface area (TPSA) is 130 Å². The summed E-state index contributed by atoms with van der Waals surface area (Å²) in [5, 5.41) is 18.3. The van der Waals surface area contributed by atoms with E-state index in [1.165, 1.54) is 7.11 Å². The van der Waals surface area contributed by atoms with E-state index < -0.39 is 27.7 Å². The molecule has 0 aliphatic heterocycles. The largest absolute Gasteiger partial charge is 0.506 e. The molecule has 0 fully saturated rings. The van der Waals surface area contributed by atoms with Crippen molar-refractivity contribution >= 4 is 27.6 Å². The smallest absolute Gasteiger partial charge is 0.335 e. The molecule has 0 aromatic heterocycles. The van der Waals surface area contributed by atoms with E-state index >= 15 is 0 Å². The zero-order valence-electron chi connectivity index (χ0n) is 11.2. The summed E-state index contributed by atoms with van der Waals surface area (Å²) in [6.07, 6.45) is 0.0251. The maximum atomic E-state index is 11.8. The Bertz CT molecular complexity index is 639. The van der Waals surface area contributed by atoms with E-state index in [1.807, 2.05) is 0 Å². The maximum absolute atomic E-state index is 11.8. The van der Waals surface area contributed by atoms with Gasteiger partial charge in [-0.2, -0.15) is 0 Å². The van der Waals surface area contributed by atoms with E-state index in [9.17, 15) is 23.1 Å². The Labute approximate surface area is 121 Å². The molecule has 0 bridgehead atoms. The van der Waals surface area contributed by atoms with E-state index in [-0.39, 0.29) is 29.8 Å². The number of phenolic OH excluding ortho intramolecular Hbond substituents is 1. The second kappa shape index (κ2) is 6.93. The van der Waals surface area contributed by atoms with Crippen molar-refractivity contribution in [2.75, 3.05) is 17.6 Å². The fourth-order valence-corrected chi connectivity index (χ4v) is 2.61. The molecule has 116 valence electrons. The van der Waals surface area contributed by atoms with Crippen LogP contribution in [0.3, 0.4) is 0 Å². The van der Waals surface area contributed by atoms with Crippen LogP contribution in [0.5, 0.6) is 5.75 Å². The summed E-state index contributed by atoms with van der Waals surface area (Å²) in [5.74, 6) is -2.58. The zero-order chi connectivity index (χ0) is 16.0. The number of rotatable bonds is 7. The minimum Gasteiger partial charge on any atom is -0.506 e. The second-order valence-electron chi connectivity index (χ2n) is 4.14. The van der Waals surface area contributed by atoms with Crippen molar-refractivity contribution in [2.45, 2.75) is 12.8 Å². The molecule has 8 nitrogen and oxygen atoms in total. The van der Waals surface area contributed by atoms with Gasteiger partial charge in [0.1, 0.15) is 5.75 Å². The highest BCUT2D eigenvalue weighted by Crippen LogP contribution is 2.25. The van der Waals surface area contributed by atoms with Crippen molar-refractivity contribution in [3.8, 4) is 5.75 Å². The van der Waals surface area contributed by atoms with Crippen LogP contribution in [0.25, 0.3) is 0 Å². The maximum Gasteiger partial charge on any atom is 0.335 e. The number of hydrogen-bond acceptors (Lipinski definition) is 6. The highest BCUT2D eigenvalue weighted by atomic mass is 32.2. The average Bonchev–Trinajstić information content (AvgIpc) is 2.40. The number of anilines is 1. The van der Waals surface area contributed by atoms with E-state index in [0.29, 0.717) is 0 Å². The number of methoxy groups -OCH3 is 1. The Balaban J connectivity index is 2.71. The number of carbonyl (C=O) groups excluding carboxylic acids is 1. The number of benzene rings is 1. The molecule has 0 saturated heterocycles. The van der Waals surface area contributed by atoms with Gasteiger partial charge in [0, 0.05) is 6.42 Å². The summed E-state index contributed by atoms with van der Waals surface area (Å²) in [5.41, 5.74) is -0.292. The fourth-order valence-electron chi connectivity index (χ4n) is 1.48. The van der Waals surface area contributed by atoms with Gasteiger partial charge in [-0.05, 0) is 24.6 Å². The van der Waals surface area contributed by atoms with Crippen LogP contribution >= 0.6 is 0 Å². The van der Waals surface area contributed by atoms with Crippen LogP contribution in [0.1, 0.15) is 23.2 Å². The molecule has 1 aromatic carbocycles. The van der Waals surface area contributed by atoms with Crippen LogP contribution in [0, 0.1) is 0 Å². The lowest BCUT2D eigenvalue weighted by atomic mass is 10.2. The first-order chi connectivity index (χ1) is 9.75. The minimum absolute atomic E-state index is 0.0403. The SMILES string of the molecule is COC(=O)CCCS(=O)(=O)Nc1ccc(C(=O)O)cc1O. The standard InChI is InChI=1S/C12H15NO7S/c1-20-11(15)3-2-6-21(18,19)13-9-5-4-8(12(16)17)7-10(9)14/h4-5,7,13-14H,2-3,6H2,1H3,(H,16,17). The first kappa shape index (κ1) is 16.8. The summed E-state index contributed by atoms with van der Waals surface area (Å²) in [6, 6.07) is 3.25. The fraction of sp³-hybridized carbons (Fsp3) is 0.333. The summed E-state index contributed by atoms with van der Waals surface area (Å²) in [6.45, 7) is 0. The average molecular weight is 317 g/mol. The van der Waals surface area contributed by atoms with Crippen LogP contribution in [0.15, 0.2) is 18.2 Å². The molecule has 21 heavy (non-hydrogen) atoms. The number of nitrogens with one attached hydrogen (secondary N) is 1. The molecule has 0 aliphatic carbocycles. The molecule has 1 aromatic rings. The van der Waals surface area contributed by atoms with Crippen molar-refractivity contribution in [1.82, 2.24) is 0 Å². The van der Waals surface area contributed by atoms with Crippen molar-refractivity contribution in [3.05, 3.63) is 23.8 Å². The first-order valence-corrected chi connectivity index (χ1v) is 7.54. The minimum atomic E-state index is -3.76. The molecule has 3 N–H and O–H groups in total. The molecule has 1 rings (SSSR count). The predicted octanol–water partition coefficient (Wildman–Crippen LogP) is 0.785. The summed E-state index contributed by atoms with van der Waals surface area (Å²) >= 11 is 0. The second-order valence-corrected chi connectivity index (χ2v) is 5.98. The lowest BCUT2D eigenvalue weighted by Crippen LogP contribution is -2.18. The van der Waals surface area contributed by atoms with E-state index in [2.05, 4.69) is 9.46 Å². The van der Waals surface area contributed by atoms with Gasteiger partial charge < -0.3 is 14.9 Å². The molecule has 0 unspecified atom stereocenters. The number of phenols is 1. The molecule has 0 atom stereocenters. The number of sulfonamides is 1. The lowest BCUT2D eigenvalue weighted by Gasteiger charge is -2.09. The van der Waals surface area contributed by atoms with Gasteiger partial charge in [0.15, 0.2) is 0 Å². The summed E-state index contributed by atoms with van der Waals surface area (Å²) in [4.78, 5) is 21.6. The molecule has 0 spiro atoms. The number of esters is 1. The Morgan fingerprint density at radius 1 is 1.33 bits per heavy atom. The number of ether oxygens (including phenoxy) is 1. The van der Waals surface area contributed by atoms with Gasteiger partial charge in [0.05, 0.1) is 24.1 Å². The third kappa shape index (κ3) is 5.30. The number of carboxylic acid groups (broad SMARTS) is 1. The van der Waals surface area contributed by atoms with Gasteiger partial charge in [-0.25, -0.2) is 13.2 Å². The van der Waals surface area contributed by atoms with E-state index in [0.717, 1.165) is 18.2 Å². The first-order valence-electron chi connectivity index (χ1n) is 5.89. The Hall–Kier alpha value is -2.29. The lowest BCUT2D eigenvalue weighted by molar-refractivity contribution is -0.140. The predicted molar refractivity (Wildman–Crippen MR) is 73.7 cm³/mol. The van der Waals surface area contributed by atoms with Gasteiger partial charge >= 0.3 is 11.9 Å². The van der Waals surface area contributed by atoms with E-state index in [4.69, 9.17) is 5.11 Å². The molecule has 0 aliphatic rings. The molecule has 9 heteroatoms. The third-order valence-corrected chi connectivity index (χ3v) is 3.89. The normalized spacial score (nSPS) is 10.9. The third-order valence-electron chi connectivity index (χ3n) is 2.53. The number of aromatic hydroxyl groups is 1. The molecular formula is C12H15NO7S. The number of aromatic carboxylic acids is 1. The van der Waals surface area contributed by atoms with Crippen molar-refractivity contribution in [3.63, 3.8) is 0 Å². The monoisotopic (exact) mass is 317 g/mol. The van der Waals surface area contributed by atoms with Crippen LogP contribution < -0.4 is 4.72 Å². The number of hydrogen-bond donors (Lipinski definition) is 3. The van der Waals surface area contributed by atoms with Crippen LogP contribution in [-0.2, 0) is 19.6 Å². The van der Waals surface area contributed by atoms with Crippen LogP contribution in [0.2, 0.25) is 0 Å². The van der Waals surface area contributed by atoms with Gasteiger partial charge in [-0.1, -0.05) is 0 Å². The van der Waals surface area contributed by atoms with Crippen LogP contribution in [-0.4, -0.2) is 43.4 Å². The molecule has 0 heterocycles. The molecule has 0 radical (unpaired) electrons. The quantitative estimate of drug-likeness (QED) is 0.500. The van der Waals surface area contributed by atoms with Gasteiger partial charge in [0.2, 0.25) is 10.0 Å². The highest BCUT2D eigenvalue weighted by molar-refractivity contribution is 7.92. The van der Waals surface area contributed by atoms with Crippen molar-refractivity contribution in [2.24, 2.45) is 0 Å². The van der Waals surface area contributed by atoms with Gasteiger partial charge in [0.25, 0.3) is 0 Å². The molecule has 0 saturated carbocycles.